The van der Waals surface area contributed by atoms with Crippen LogP contribution in [-0.4, -0.2) is 35.1 Å². The second kappa shape index (κ2) is 6.53. The number of amides is 1. The lowest BCUT2D eigenvalue weighted by Crippen LogP contribution is -2.42. The molecule has 1 aliphatic heterocycles. The molecule has 1 aromatic rings. The zero-order valence-electron chi connectivity index (χ0n) is 11.2. The van der Waals surface area contributed by atoms with Crippen LogP contribution in [0.1, 0.15) is 37.7 Å². The molecule has 0 radical (unpaired) electrons. The van der Waals surface area contributed by atoms with E-state index in [9.17, 15) is 9.90 Å². The molecule has 2 atom stereocenters. The molecule has 1 heterocycles. The topological polar surface area (TPSA) is 40.5 Å². The number of benzene rings is 1. The third-order valence-electron chi connectivity index (χ3n) is 3.67. The van der Waals surface area contributed by atoms with Crippen molar-refractivity contribution in [2.45, 2.75) is 38.2 Å². The monoisotopic (exact) mass is 325 g/mol. The summed E-state index contributed by atoms with van der Waals surface area (Å²) in [6, 6.07) is 8.10. The lowest BCUT2D eigenvalue weighted by Gasteiger charge is -2.31. The highest BCUT2D eigenvalue weighted by Gasteiger charge is 2.23. The van der Waals surface area contributed by atoms with Crippen molar-refractivity contribution in [3.8, 4) is 0 Å². The molecule has 1 aliphatic rings. The number of aliphatic hydroxyl groups excluding tert-OH is 1. The van der Waals surface area contributed by atoms with E-state index >= 15 is 0 Å². The first kappa shape index (κ1) is 14.5. The van der Waals surface area contributed by atoms with Crippen molar-refractivity contribution in [3.63, 3.8) is 0 Å². The Morgan fingerprint density at radius 1 is 1.47 bits per heavy atom. The molecule has 0 aliphatic carbocycles. The number of halogens is 1. The number of likely N-dealkylation sites (tertiary alicyclic amines) is 1. The number of hydrogen-bond acceptors (Lipinski definition) is 2. The van der Waals surface area contributed by atoms with Gasteiger partial charge in [-0.2, -0.15) is 0 Å². The Labute approximate surface area is 122 Å². The first-order chi connectivity index (χ1) is 9.06. The Balaban J connectivity index is 1.92. The molecular formula is C15H20BrNO2. The number of β-amino-alcohol motifs (C(OH)–C–C–N with tert-alkyl or cyclic N) is 1. The molecule has 1 saturated heterocycles. The molecule has 2 unspecified atom stereocenters. The van der Waals surface area contributed by atoms with Gasteiger partial charge in [-0.3, -0.25) is 4.79 Å². The van der Waals surface area contributed by atoms with Crippen LogP contribution in [0.5, 0.6) is 0 Å². The van der Waals surface area contributed by atoms with Crippen molar-refractivity contribution >= 4 is 21.8 Å². The average Bonchev–Trinajstić information content (AvgIpc) is 2.39. The van der Waals surface area contributed by atoms with E-state index in [1.807, 2.05) is 24.3 Å². The van der Waals surface area contributed by atoms with Crippen LogP contribution < -0.4 is 0 Å². The standard InChI is InChI=1S/C15H20BrNO2/c1-11(12-4-6-13(16)7-5-12)9-15(19)17-8-2-3-14(18)10-17/h4-7,11,14,18H,2-3,8-10H2,1H3. The predicted octanol–water partition coefficient (Wildman–Crippen LogP) is 2.93. The van der Waals surface area contributed by atoms with E-state index in [1.54, 1.807) is 4.90 Å². The van der Waals surface area contributed by atoms with E-state index in [1.165, 1.54) is 5.56 Å². The smallest absolute Gasteiger partial charge is 0.223 e. The molecular weight excluding hydrogens is 306 g/mol. The number of nitrogens with zero attached hydrogens (tertiary/aromatic N) is 1. The van der Waals surface area contributed by atoms with Gasteiger partial charge in [-0.25, -0.2) is 0 Å². The third kappa shape index (κ3) is 4.05. The molecule has 19 heavy (non-hydrogen) atoms. The molecule has 0 saturated carbocycles. The van der Waals surface area contributed by atoms with Crippen molar-refractivity contribution in [2.24, 2.45) is 0 Å². The van der Waals surface area contributed by atoms with Gasteiger partial charge in [0.15, 0.2) is 0 Å². The Morgan fingerprint density at radius 2 is 2.16 bits per heavy atom. The minimum atomic E-state index is -0.347. The number of aliphatic hydroxyl groups is 1. The molecule has 1 amide bonds. The van der Waals surface area contributed by atoms with Crippen LogP contribution in [0.15, 0.2) is 28.7 Å². The SMILES string of the molecule is CC(CC(=O)N1CCCC(O)C1)c1ccc(Br)cc1. The quantitative estimate of drug-likeness (QED) is 0.928. The van der Waals surface area contributed by atoms with Crippen molar-refractivity contribution in [3.05, 3.63) is 34.3 Å². The van der Waals surface area contributed by atoms with Crippen LogP contribution >= 0.6 is 15.9 Å². The van der Waals surface area contributed by atoms with Crippen molar-refractivity contribution in [2.75, 3.05) is 13.1 Å². The lowest BCUT2D eigenvalue weighted by molar-refractivity contribution is -0.134. The van der Waals surface area contributed by atoms with Gasteiger partial charge in [0.2, 0.25) is 5.91 Å². The first-order valence-electron chi connectivity index (χ1n) is 6.77. The summed E-state index contributed by atoms with van der Waals surface area (Å²) in [6.45, 7) is 3.34. The highest BCUT2D eigenvalue weighted by molar-refractivity contribution is 9.10. The van der Waals surface area contributed by atoms with Crippen molar-refractivity contribution < 1.29 is 9.90 Å². The van der Waals surface area contributed by atoms with E-state index in [4.69, 9.17) is 0 Å². The van der Waals surface area contributed by atoms with Gasteiger partial charge >= 0.3 is 0 Å². The fourth-order valence-corrected chi connectivity index (χ4v) is 2.75. The number of piperidine rings is 1. The zero-order valence-corrected chi connectivity index (χ0v) is 12.8. The highest BCUT2D eigenvalue weighted by atomic mass is 79.9. The summed E-state index contributed by atoms with van der Waals surface area (Å²) in [5.74, 6) is 0.355. The van der Waals surface area contributed by atoms with E-state index in [0.29, 0.717) is 13.0 Å². The van der Waals surface area contributed by atoms with Crippen LogP contribution in [0.25, 0.3) is 0 Å². The van der Waals surface area contributed by atoms with Crippen LogP contribution in [0, 0.1) is 0 Å². The van der Waals surface area contributed by atoms with Crippen LogP contribution in [0.3, 0.4) is 0 Å². The number of carbonyl (C=O) groups excluding carboxylic acids is 1. The van der Waals surface area contributed by atoms with Gasteiger partial charge in [0.25, 0.3) is 0 Å². The Morgan fingerprint density at radius 3 is 2.79 bits per heavy atom. The molecule has 0 bridgehead atoms. The second-order valence-electron chi connectivity index (χ2n) is 5.29. The molecule has 1 N–H and O–H groups in total. The van der Waals surface area contributed by atoms with Crippen molar-refractivity contribution in [1.82, 2.24) is 4.90 Å². The normalized spacial score (nSPS) is 21.2. The number of hydrogen-bond donors (Lipinski definition) is 1. The minimum Gasteiger partial charge on any atom is -0.391 e. The van der Waals surface area contributed by atoms with E-state index < -0.39 is 0 Å². The summed E-state index contributed by atoms with van der Waals surface area (Å²) in [4.78, 5) is 14.0. The predicted molar refractivity (Wildman–Crippen MR) is 79.0 cm³/mol. The Bertz CT molecular complexity index is 432. The van der Waals surface area contributed by atoms with Crippen LogP contribution in [-0.2, 0) is 4.79 Å². The lowest BCUT2D eigenvalue weighted by atomic mass is 9.96. The van der Waals surface area contributed by atoms with Gasteiger partial charge < -0.3 is 10.0 Å². The Hall–Kier alpha value is -0.870. The molecule has 4 heteroatoms. The van der Waals surface area contributed by atoms with Gasteiger partial charge in [-0.15, -0.1) is 0 Å². The maximum atomic E-state index is 12.2. The molecule has 0 aromatic heterocycles. The molecule has 104 valence electrons. The van der Waals surface area contributed by atoms with Gasteiger partial charge in [0, 0.05) is 24.0 Å². The fourth-order valence-electron chi connectivity index (χ4n) is 2.48. The molecule has 2 rings (SSSR count). The third-order valence-corrected chi connectivity index (χ3v) is 4.20. The maximum Gasteiger partial charge on any atom is 0.223 e. The van der Waals surface area contributed by atoms with Crippen LogP contribution in [0.4, 0.5) is 0 Å². The average molecular weight is 326 g/mol. The summed E-state index contributed by atoms with van der Waals surface area (Å²) in [7, 11) is 0. The van der Waals surface area contributed by atoms with Crippen molar-refractivity contribution in [1.29, 1.82) is 0 Å². The van der Waals surface area contributed by atoms with Gasteiger partial charge in [0.1, 0.15) is 0 Å². The first-order valence-corrected chi connectivity index (χ1v) is 7.57. The van der Waals surface area contributed by atoms with Crippen LogP contribution in [0.2, 0.25) is 0 Å². The van der Waals surface area contributed by atoms with E-state index in [2.05, 4.69) is 22.9 Å². The largest absolute Gasteiger partial charge is 0.391 e. The molecule has 1 fully saturated rings. The van der Waals surface area contributed by atoms with E-state index in [0.717, 1.165) is 23.9 Å². The molecule has 1 aromatic carbocycles. The van der Waals surface area contributed by atoms with E-state index in [-0.39, 0.29) is 17.9 Å². The zero-order chi connectivity index (χ0) is 13.8. The molecule has 0 spiro atoms. The van der Waals surface area contributed by atoms with Gasteiger partial charge in [-0.05, 0) is 36.5 Å². The summed E-state index contributed by atoms with van der Waals surface area (Å²) in [5.41, 5.74) is 1.18. The molecule has 3 nitrogen and oxygen atoms in total. The summed E-state index contributed by atoms with van der Waals surface area (Å²) in [5, 5.41) is 9.61. The fraction of sp³-hybridized carbons (Fsp3) is 0.533. The number of rotatable bonds is 3. The summed E-state index contributed by atoms with van der Waals surface area (Å²) < 4.78 is 1.05. The minimum absolute atomic E-state index is 0.147. The summed E-state index contributed by atoms with van der Waals surface area (Å²) >= 11 is 3.41. The second-order valence-corrected chi connectivity index (χ2v) is 6.21. The Kier molecular flexibility index (Phi) is 4.99. The van der Waals surface area contributed by atoms with Gasteiger partial charge in [0.05, 0.1) is 6.10 Å². The number of carbonyl (C=O) groups is 1. The van der Waals surface area contributed by atoms with Gasteiger partial charge in [-0.1, -0.05) is 35.0 Å². The summed E-state index contributed by atoms with van der Waals surface area (Å²) in [6.07, 6.45) is 1.88. The highest BCUT2D eigenvalue weighted by Crippen LogP contribution is 2.23. The maximum absolute atomic E-state index is 12.2.